The summed E-state index contributed by atoms with van der Waals surface area (Å²) < 4.78 is 11.2. The highest BCUT2D eigenvalue weighted by Crippen LogP contribution is 2.35. The van der Waals surface area contributed by atoms with E-state index in [0.29, 0.717) is 35.5 Å². The highest BCUT2D eigenvalue weighted by molar-refractivity contribution is 5.73. The zero-order valence-electron chi connectivity index (χ0n) is 14.5. The van der Waals surface area contributed by atoms with Crippen LogP contribution in [0.5, 0.6) is 11.5 Å². The molecule has 1 N–H and O–H groups in total. The molecule has 0 aliphatic heterocycles. The van der Waals surface area contributed by atoms with Gasteiger partial charge in [-0.05, 0) is 28.8 Å². The summed E-state index contributed by atoms with van der Waals surface area (Å²) in [6.07, 6.45) is 0.529. The summed E-state index contributed by atoms with van der Waals surface area (Å²) in [7, 11) is 1.52. The quantitative estimate of drug-likeness (QED) is 0.662. The normalized spacial score (nSPS) is 12.8. The standard InChI is InChI=1S/C22H20O4/c1-25-21-14-19(22(24,16-23)18-10-6-3-7-11-18)12-13-20(21)26-15-17-8-4-2-5-9-17/h2-14,16,24H,15H2,1H3. The largest absolute Gasteiger partial charge is 0.493 e. The smallest absolute Gasteiger partial charge is 0.170 e. The molecule has 0 amide bonds. The molecule has 0 radical (unpaired) electrons. The van der Waals surface area contributed by atoms with E-state index in [0.717, 1.165) is 5.56 Å². The fourth-order valence-corrected chi connectivity index (χ4v) is 2.75. The number of carbonyl (C=O) groups is 1. The first-order valence-electron chi connectivity index (χ1n) is 8.27. The van der Waals surface area contributed by atoms with Gasteiger partial charge in [-0.2, -0.15) is 0 Å². The second-order valence-electron chi connectivity index (χ2n) is 5.89. The minimum atomic E-state index is -1.74. The highest BCUT2D eigenvalue weighted by Gasteiger charge is 2.32. The Kier molecular flexibility index (Phi) is 5.34. The second kappa shape index (κ2) is 7.85. The summed E-state index contributed by atoms with van der Waals surface area (Å²) >= 11 is 0. The number of aldehydes is 1. The first-order valence-corrected chi connectivity index (χ1v) is 8.27. The van der Waals surface area contributed by atoms with E-state index in [1.807, 2.05) is 36.4 Å². The molecule has 0 aliphatic rings. The summed E-state index contributed by atoms with van der Waals surface area (Å²) in [5.74, 6) is 0.996. The lowest BCUT2D eigenvalue weighted by molar-refractivity contribution is -0.121. The van der Waals surface area contributed by atoms with Crippen LogP contribution in [-0.2, 0) is 17.0 Å². The van der Waals surface area contributed by atoms with E-state index in [9.17, 15) is 9.90 Å². The van der Waals surface area contributed by atoms with Crippen LogP contribution in [0.15, 0.2) is 78.9 Å². The molecule has 0 heterocycles. The third-order valence-electron chi connectivity index (χ3n) is 4.23. The highest BCUT2D eigenvalue weighted by atomic mass is 16.5. The fourth-order valence-electron chi connectivity index (χ4n) is 2.75. The average Bonchev–Trinajstić information content (AvgIpc) is 2.73. The van der Waals surface area contributed by atoms with Crippen LogP contribution in [-0.4, -0.2) is 18.5 Å². The van der Waals surface area contributed by atoms with Crippen LogP contribution in [0.2, 0.25) is 0 Å². The molecule has 0 bridgehead atoms. The number of benzene rings is 3. The van der Waals surface area contributed by atoms with Gasteiger partial charge in [-0.3, -0.25) is 4.79 Å². The lowest BCUT2D eigenvalue weighted by Gasteiger charge is -2.24. The molecule has 0 fully saturated rings. The number of methoxy groups -OCH3 is 1. The first-order chi connectivity index (χ1) is 12.7. The van der Waals surface area contributed by atoms with E-state index in [4.69, 9.17) is 9.47 Å². The fraction of sp³-hybridized carbons (Fsp3) is 0.136. The summed E-state index contributed by atoms with van der Waals surface area (Å²) in [5.41, 5.74) is 0.205. The summed E-state index contributed by atoms with van der Waals surface area (Å²) in [6.45, 7) is 0.396. The molecule has 0 saturated carbocycles. The van der Waals surface area contributed by atoms with Gasteiger partial charge in [0.1, 0.15) is 6.61 Å². The van der Waals surface area contributed by atoms with E-state index >= 15 is 0 Å². The van der Waals surface area contributed by atoms with Gasteiger partial charge in [-0.25, -0.2) is 0 Å². The molecule has 1 unspecified atom stereocenters. The monoisotopic (exact) mass is 348 g/mol. The number of carbonyl (C=O) groups excluding carboxylic acids is 1. The van der Waals surface area contributed by atoms with E-state index in [2.05, 4.69) is 0 Å². The maximum Gasteiger partial charge on any atom is 0.170 e. The summed E-state index contributed by atoms with van der Waals surface area (Å²) in [6, 6.07) is 23.6. The predicted molar refractivity (Wildman–Crippen MR) is 99.3 cm³/mol. The van der Waals surface area contributed by atoms with Crippen molar-refractivity contribution >= 4 is 6.29 Å². The van der Waals surface area contributed by atoms with Crippen LogP contribution in [0, 0.1) is 0 Å². The molecule has 4 nitrogen and oxygen atoms in total. The number of hydrogen-bond acceptors (Lipinski definition) is 4. The van der Waals surface area contributed by atoms with E-state index in [1.165, 1.54) is 7.11 Å². The van der Waals surface area contributed by atoms with Crippen LogP contribution >= 0.6 is 0 Å². The molecular weight excluding hydrogens is 328 g/mol. The number of rotatable bonds is 7. The van der Waals surface area contributed by atoms with Crippen molar-refractivity contribution in [2.45, 2.75) is 12.2 Å². The minimum Gasteiger partial charge on any atom is -0.493 e. The van der Waals surface area contributed by atoms with Gasteiger partial charge in [0.05, 0.1) is 7.11 Å². The lowest BCUT2D eigenvalue weighted by Crippen LogP contribution is -2.29. The molecule has 132 valence electrons. The van der Waals surface area contributed by atoms with Crippen LogP contribution in [0.25, 0.3) is 0 Å². The van der Waals surface area contributed by atoms with Gasteiger partial charge in [0, 0.05) is 0 Å². The second-order valence-corrected chi connectivity index (χ2v) is 5.89. The van der Waals surface area contributed by atoms with Gasteiger partial charge in [0.25, 0.3) is 0 Å². The van der Waals surface area contributed by atoms with Crippen molar-refractivity contribution in [3.8, 4) is 11.5 Å². The molecule has 26 heavy (non-hydrogen) atoms. The Hall–Kier alpha value is -3.11. The zero-order chi connectivity index (χ0) is 18.4. The van der Waals surface area contributed by atoms with Gasteiger partial charge in [0.15, 0.2) is 23.4 Å². The number of ether oxygens (including phenoxy) is 2. The van der Waals surface area contributed by atoms with E-state index in [-0.39, 0.29) is 0 Å². The molecule has 0 spiro atoms. The Morgan fingerprint density at radius 2 is 1.54 bits per heavy atom. The third kappa shape index (κ3) is 3.60. The number of hydrogen-bond donors (Lipinski definition) is 1. The van der Waals surface area contributed by atoms with Crippen LogP contribution in [0.4, 0.5) is 0 Å². The topological polar surface area (TPSA) is 55.8 Å². The summed E-state index contributed by atoms with van der Waals surface area (Å²) in [5, 5.41) is 10.9. The van der Waals surface area contributed by atoms with Crippen molar-refractivity contribution in [1.29, 1.82) is 0 Å². The Morgan fingerprint density at radius 1 is 0.885 bits per heavy atom. The zero-order valence-corrected chi connectivity index (χ0v) is 14.5. The van der Waals surface area contributed by atoms with Crippen molar-refractivity contribution in [2.24, 2.45) is 0 Å². The summed E-state index contributed by atoms with van der Waals surface area (Å²) in [4.78, 5) is 11.7. The van der Waals surface area contributed by atoms with Gasteiger partial charge in [-0.1, -0.05) is 66.7 Å². The van der Waals surface area contributed by atoms with Crippen molar-refractivity contribution in [3.63, 3.8) is 0 Å². The molecule has 0 aromatic heterocycles. The van der Waals surface area contributed by atoms with Crippen molar-refractivity contribution in [1.82, 2.24) is 0 Å². The van der Waals surface area contributed by atoms with Crippen molar-refractivity contribution in [3.05, 3.63) is 95.6 Å². The molecule has 0 saturated heterocycles. The Morgan fingerprint density at radius 3 is 2.15 bits per heavy atom. The van der Waals surface area contributed by atoms with Gasteiger partial charge < -0.3 is 14.6 Å². The molecule has 1 atom stereocenters. The first kappa shape index (κ1) is 17.7. The van der Waals surface area contributed by atoms with Gasteiger partial charge in [0.2, 0.25) is 0 Å². The maximum absolute atomic E-state index is 11.7. The van der Waals surface area contributed by atoms with Crippen LogP contribution < -0.4 is 9.47 Å². The minimum absolute atomic E-state index is 0.396. The molecule has 0 aliphatic carbocycles. The average molecular weight is 348 g/mol. The Labute approximate surface area is 152 Å². The molecular formula is C22H20O4. The van der Waals surface area contributed by atoms with Crippen molar-refractivity contribution in [2.75, 3.05) is 7.11 Å². The predicted octanol–water partition coefficient (Wildman–Crippen LogP) is 3.71. The molecule has 4 heteroatoms. The van der Waals surface area contributed by atoms with Gasteiger partial charge in [-0.15, -0.1) is 0 Å². The van der Waals surface area contributed by atoms with Crippen LogP contribution in [0.1, 0.15) is 16.7 Å². The Bertz CT molecular complexity index is 862. The molecule has 3 aromatic carbocycles. The van der Waals surface area contributed by atoms with E-state index < -0.39 is 5.60 Å². The van der Waals surface area contributed by atoms with Crippen molar-refractivity contribution < 1.29 is 19.4 Å². The molecule has 3 rings (SSSR count). The van der Waals surface area contributed by atoms with E-state index in [1.54, 1.807) is 42.5 Å². The maximum atomic E-state index is 11.7. The number of aliphatic hydroxyl groups is 1. The lowest BCUT2D eigenvalue weighted by atomic mass is 9.87. The molecule has 3 aromatic rings. The SMILES string of the molecule is COc1cc(C(O)(C=O)c2ccccc2)ccc1OCc1ccccc1. The Balaban J connectivity index is 1.89. The van der Waals surface area contributed by atoms with Crippen LogP contribution in [0.3, 0.4) is 0 Å². The van der Waals surface area contributed by atoms with Gasteiger partial charge >= 0.3 is 0 Å². The third-order valence-corrected chi connectivity index (χ3v) is 4.23.